The summed E-state index contributed by atoms with van der Waals surface area (Å²) in [5.41, 5.74) is -0.743. The molecule has 0 spiro atoms. The summed E-state index contributed by atoms with van der Waals surface area (Å²) in [6.07, 6.45) is 0.735. The maximum Gasteiger partial charge on any atom is 0.338 e. The first-order valence-electron chi connectivity index (χ1n) is 6.16. The third-order valence-corrected chi connectivity index (χ3v) is 5.29. The van der Waals surface area contributed by atoms with E-state index in [4.69, 9.17) is 5.11 Å². The maximum atomic E-state index is 13.3. The largest absolute Gasteiger partial charge is 0.478 e. The topological polar surface area (TPSA) is 74.7 Å². The average Bonchev–Trinajstić information content (AvgIpc) is 2.70. The van der Waals surface area contributed by atoms with Crippen LogP contribution in [-0.2, 0) is 10.0 Å². The van der Waals surface area contributed by atoms with Gasteiger partial charge in [-0.1, -0.05) is 13.8 Å². The minimum Gasteiger partial charge on any atom is -0.478 e. The van der Waals surface area contributed by atoms with Gasteiger partial charge in [-0.15, -0.1) is 0 Å². The fourth-order valence-corrected chi connectivity index (χ4v) is 3.90. The predicted molar refractivity (Wildman–Crippen MR) is 70.5 cm³/mol. The molecule has 0 radical (unpaired) electrons. The summed E-state index contributed by atoms with van der Waals surface area (Å²) in [4.78, 5) is 10.7. The van der Waals surface area contributed by atoms with E-state index < -0.39 is 27.4 Å². The summed E-state index contributed by atoms with van der Waals surface area (Å²) < 4.78 is 39.5. The molecule has 7 heteroatoms. The van der Waals surface area contributed by atoms with E-state index in [-0.39, 0.29) is 10.3 Å². The molecule has 0 bridgehead atoms. The van der Waals surface area contributed by atoms with Gasteiger partial charge >= 0.3 is 5.97 Å². The average molecular weight is 301 g/mol. The standard InChI is InChI=1S/C13H16FNO4S/c1-13(2)5-6-15(8-13)20(18,19)9-3-4-11(14)10(7-9)12(16)17/h3-4,7H,5-6,8H2,1-2H3,(H,16,17). The van der Waals surface area contributed by atoms with Gasteiger partial charge in [-0.3, -0.25) is 0 Å². The molecule has 1 aliphatic rings. The number of sulfonamides is 1. The minimum absolute atomic E-state index is 0.108. The van der Waals surface area contributed by atoms with Crippen molar-refractivity contribution >= 4 is 16.0 Å². The number of carbonyl (C=O) groups is 1. The molecule has 0 aliphatic carbocycles. The number of benzene rings is 1. The van der Waals surface area contributed by atoms with Gasteiger partial charge < -0.3 is 5.11 Å². The monoisotopic (exact) mass is 301 g/mol. The van der Waals surface area contributed by atoms with Gasteiger partial charge in [0.2, 0.25) is 10.0 Å². The Bertz CT molecular complexity index is 654. The van der Waals surface area contributed by atoms with Crippen molar-refractivity contribution in [1.29, 1.82) is 0 Å². The quantitative estimate of drug-likeness (QED) is 0.926. The first-order chi connectivity index (χ1) is 9.13. The first-order valence-corrected chi connectivity index (χ1v) is 7.60. The van der Waals surface area contributed by atoms with Crippen molar-refractivity contribution in [2.45, 2.75) is 25.2 Å². The van der Waals surface area contributed by atoms with Crippen LogP contribution in [0.3, 0.4) is 0 Å². The molecule has 20 heavy (non-hydrogen) atoms. The number of carboxylic acids is 1. The molecule has 0 atom stereocenters. The predicted octanol–water partition coefficient (Wildman–Crippen LogP) is 1.94. The summed E-state index contributed by atoms with van der Waals surface area (Å²) in [6.45, 7) is 4.69. The number of halogens is 1. The van der Waals surface area contributed by atoms with Gasteiger partial charge in [-0.05, 0) is 30.0 Å². The summed E-state index contributed by atoms with van der Waals surface area (Å²) in [7, 11) is -3.78. The molecule has 1 fully saturated rings. The Morgan fingerprint density at radius 1 is 1.40 bits per heavy atom. The van der Waals surface area contributed by atoms with Crippen molar-refractivity contribution in [1.82, 2.24) is 4.31 Å². The number of rotatable bonds is 3. The zero-order valence-electron chi connectivity index (χ0n) is 11.3. The molecule has 1 aromatic carbocycles. The zero-order chi connectivity index (χ0) is 15.1. The number of nitrogens with zero attached hydrogens (tertiary/aromatic N) is 1. The number of hydrogen-bond donors (Lipinski definition) is 1. The second kappa shape index (κ2) is 4.82. The van der Waals surface area contributed by atoms with Crippen LogP contribution in [0.1, 0.15) is 30.6 Å². The number of aromatic carboxylic acids is 1. The van der Waals surface area contributed by atoms with Gasteiger partial charge in [0.1, 0.15) is 5.82 Å². The van der Waals surface area contributed by atoms with Crippen LogP contribution in [0.4, 0.5) is 4.39 Å². The van der Waals surface area contributed by atoms with Crippen molar-refractivity contribution in [3.05, 3.63) is 29.6 Å². The molecule has 0 saturated carbocycles. The molecular formula is C13H16FNO4S. The van der Waals surface area contributed by atoms with Crippen LogP contribution in [0.2, 0.25) is 0 Å². The van der Waals surface area contributed by atoms with Crippen LogP contribution >= 0.6 is 0 Å². The number of hydrogen-bond acceptors (Lipinski definition) is 3. The van der Waals surface area contributed by atoms with Crippen molar-refractivity contribution in [3.8, 4) is 0 Å². The van der Waals surface area contributed by atoms with Gasteiger partial charge in [0, 0.05) is 13.1 Å². The zero-order valence-corrected chi connectivity index (χ0v) is 12.1. The van der Waals surface area contributed by atoms with Gasteiger partial charge in [-0.2, -0.15) is 4.31 Å². The highest BCUT2D eigenvalue weighted by Crippen LogP contribution is 2.33. The Labute approximate surface area is 117 Å². The summed E-state index contributed by atoms with van der Waals surface area (Å²) in [6, 6.07) is 2.85. The fourth-order valence-electron chi connectivity index (χ4n) is 2.25. The van der Waals surface area contributed by atoms with E-state index in [2.05, 4.69) is 0 Å². The van der Waals surface area contributed by atoms with Crippen molar-refractivity contribution in [2.75, 3.05) is 13.1 Å². The molecule has 0 aromatic heterocycles. The van der Waals surface area contributed by atoms with Crippen molar-refractivity contribution in [3.63, 3.8) is 0 Å². The summed E-state index contributed by atoms with van der Waals surface area (Å²) in [5.74, 6) is -2.43. The van der Waals surface area contributed by atoms with Crippen LogP contribution in [-0.4, -0.2) is 36.9 Å². The van der Waals surface area contributed by atoms with Gasteiger partial charge in [0.25, 0.3) is 0 Å². The van der Waals surface area contributed by atoms with E-state index in [1.165, 1.54) is 4.31 Å². The second-order valence-electron chi connectivity index (χ2n) is 5.70. The molecule has 1 heterocycles. The van der Waals surface area contributed by atoms with Crippen molar-refractivity contribution < 1.29 is 22.7 Å². The summed E-state index contributed by atoms with van der Waals surface area (Å²) in [5, 5.41) is 8.86. The minimum atomic E-state index is -3.78. The highest BCUT2D eigenvalue weighted by molar-refractivity contribution is 7.89. The summed E-state index contributed by atoms with van der Waals surface area (Å²) >= 11 is 0. The fraction of sp³-hybridized carbons (Fsp3) is 0.462. The molecular weight excluding hydrogens is 285 g/mol. The van der Waals surface area contributed by atoms with Crippen molar-refractivity contribution in [2.24, 2.45) is 5.41 Å². The van der Waals surface area contributed by atoms with E-state index in [0.29, 0.717) is 13.1 Å². The second-order valence-corrected chi connectivity index (χ2v) is 7.64. The Hall–Kier alpha value is -1.47. The van der Waals surface area contributed by atoms with Gasteiger partial charge in [0.05, 0.1) is 10.5 Å². The highest BCUT2D eigenvalue weighted by atomic mass is 32.2. The van der Waals surface area contributed by atoms with E-state index in [1.807, 2.05) is 13.8 Å². The van der Waals surface area contributed by atoms with Gasteiger partial charge in [-0.25, -0.2) is 17.6 Å². The lowest BCUT2D eigenvalue weighted by atomic mass is 9.93. The van der Waals surface area contributed by atoms with Crippen LogP contribution in [0.25, 0.3) is 0 Å². The molecule has 0 amide bonds. The molecule has 1 aromatic rings. The van der Waals surface area contributed by atoms with E-state index in [0.717, 1.165) is 24.6 Å². The lowest BCUT2D eigenvalue weighted by Gasteiger charge is -2.19. The third kappa shape index (κ3) is 2.69. The smallest absolute Gasteiger partial charge is 0.338 e. The number of carboxylic acid groups (broad SMARTS) is 1. The molecule has 1 N–H and O–H groups in total. The SMILES string of the molecule is CC1(C)CCN(S(=O)(=O)c2ccc(F)c(C(=O)O)c2)C1. The molecule has 1 saturated heterocycles. The third-order valence-electron chi connectivity index (χ3n) is 3.45. The Kier molecular flexibility index (Phi) is 3.60. The molecule has 5 nitrogen and oxygen atoms in total. The first kappa shape index (κ1) is 14.9. The van der Waals surface area contributed by atoms with E-state index >= 15 is 0 Å². The Morgan fingerprint density at radius 2 is 2.05 bits per heavy atom. The highest BCUT2D eigenvalue weighted by Gasteiger charge is 2.37. The van der Waals surface area contributed by atoms with E-state index in [9.17, 15) is 17.6 Å². The van der Waals surface area contributed by atoms with Crippen LogP contribution in [0, 0.1) is 11.2 Å². The van der Waals surface area contributed by atoms with Crippen LogP contribution in [0.15, 0.2) is 23.1 Å². The Balaban J connectivity index is 2.41. The lowest BCUT2D eigenvalue weighted by molar-refractivity contribution is 0.0691. The van der Waals surface area contributed by atoms with Crippen LogP contribution < -0.4 is 0 Å². The lowest BCUT2D eigenvalue weighted by Crippen LogP contribution is -2.30. The van der Waals surface area contributed by atoms with E-state index in [1.54, 1.807) is 0 Å². The molecule has 1 aliphatic heterocycles. The van der Waals surface area contributed by atoms with Gasteiger partial charge in [0.15, 0.2) is 0 Å². The normalized spacial score (nSPS) is 19.1. The maximum absolute atomic E-state index is 13.3. The Morgan fingerprint density at radius 3 is 2.55 bits per heavy atom. The molecule has 110 valence electrons. The van der Waals surface area contributed by atoms with Crippen LogP contribution in [0.5, 0.6) is 0 Å². The molecule has 2 rings (SSSR count). The molecule has 0 unspecified atom stereocenters.